The molecule has 0 amide bonds. The lowest BCUT2D eigenvalue weighted by molar-refractivity contribution is 0.590. The van der Waals surface area contributed by atoms with Gasteiger partial charge in [0.15, 0.2) is 0 Å². The predicted molar refractivity (Wildman–Crippen MR) is 343 cm³/mol. The fraction of sp³-hybridized carbons (Fsp3) is 0.205. The van der Waals surface area contributed by atoms with Crippen LogP contribution in [0.4, 0.5) is 0 Å². The van der Waals surface area contributed by atoms with Crippen molar-refractivity contribution in [1.82, 2.24) is 0 Å². The largest absolute Gasteiger partial charge is 0.0616 e. The lowest BCUT2D eigenvalue weighted by Gasteiger charge is -2.24. The molecule has 13 aromatic rings. The molecule has 0 atom stereocenters. The molecule has 0 radical (unpaired) electrons. The molecule has 0 aliphatic rings. The van der Waals surface area contributed by atoms with Gasteiger partial charge >= 0.3 is 0 Å². The summed E-state index contributed by atoms with van der Waals surface area (Å²) in [5.74, 6) is 0. The number of rotatable bonds is 4. The van der Waals surface area contributed by atoms with Crippen LogP contribution >= 0.6 is 0 Å². The first kappa shape index (κ1) is 49.5. The summed E-state index contributed by atoms with van der Waals surface area (Å²) in [5.41, 5.74) is 15.5. The van der Waals surface area contributed by atoms with E-state index < -0.39 is 0 Å². The Labute approximate surface area is 461 Å². The van der Waals surface area contributed by atoms with Crippen LogP contribution < -0.4 is 0 Å². The van der Waals surface area contributed by atoms with Crippen LogP contribution in [0.2, 0.25) is 0 Å². The summed E-state index contributed by atoms with van der Waals surface area (Å²) < 4.78 is 0. The molecule has 0 aromatic heterocycles. The third kappa shape index (κ3) is 8.09. The lowest BCUT2D eigenvalue weighted by atomic mass is 9.79. The van der Waals surface area contributed by atoms with Crippen molar-refractivity contribution in [2.75, 3.05) is 0 Å². The highest BCUT2D eigenvalue weighted by atomic mass is 14.3. The van der Waals surface area contributed by atoms with Crippen LogP contribution in [-0.4, -0.2) is 0 Å². The highest BCUT2D eigenvalue weighted by Gasteiger charge is 2.26. The smallest absolute Gasteiger partial charge is 0.00199 e. The van der Waals surface area contributed by atoms with Crippen LogP contribution in [-0.2, 0) is 21.7 Å². The van der Waals surface area contributed by atoms with Gasteiger partial charge in [0.2, 0.25) is 0 Å². The molecule has 13 rings (SSSR count). The van der Waals surface area contributed by atoms with Gasteiger partial charge in [0.05, 0.1) is 0 Å². The van der Waals surface area contributed by atoms with Crippen molar-refractivity contribution in [2.24, 2.45) is 0 Å². The summed E-state index contributed by atoms with van der Waals surface area (Å²) in [5, 5.41) is 20.2. The van der Waals surface area contributed by atoms with Crippen molar-refractivity contribution < 1.29 is 0 Å². The van der Waals surface area contributed by atoms with E-state index in [-0.39, 0.29) is 21.7 Å². The molecule has 78 heavy (non-hydrogen) atoms. The maximum absolute atomic E-state index is 2.58. The average molecular weight is 1010 g/mol. The summed E-state index contributed by atoms with van der Waals surface area (Å²) in [6, 6.07) is 80.1. The molecule has 13 aromatic carbocycles. The van der Waals surface area contributed by atoms with Gasteiger partial charge in [-0.25, -0.2) is 0 Å². The van der Waals surface area contributed by atoms with Crippen LogP contribution in [0.15, 0.2) is 206 Å². The molecule has 382 valence electrons. The Bertz CT molecular complexity index is 4180. The highest BCUT2D eigenvalue weighted by Crippen LogP contribution is 2.51. The Balaban J connectivity index is 1.18. The fourth-order valence-corrected chi connectivity index (χ4v) is 12.9. The molecule has 0 aliphatic heterocycles. The average Bonchev–Trinajstić information content (AvgIpc) is 3.60. The van der Waals surface area contributed by atoms with E-state index in [9.17, 15) is 0 Å². The maximum atomic E-state index is 2.58. The molecule has 0 spiro atoms. The van der Waals surface area contributed by atoms with Crippen molar-refractivity contribution in [3.05, 3.63) is 229 Å². The fourth-order valence-electron chi connectivity index (χ4n) is 12.9. The van der Waals surface area contributed by atoms with Crippen molar-refractivity contribution in [3.63, 3.8) is 0 Å². The predicted octanol–water partition coefficient (Wildman–Crippen LogP) is 22.8. The number of hydrogen-bond acceptors (Lipinski definition) is 0. The molecule has 0 aliphatic carbocycles. The quantitative estimate of drug-likeness (QED) is 0.122. The number of hydrogen-bond donors (Lipinski definition) is 0. The van der Waals surface area contributed by atoms with Gasteiger partial charge in [0.1, 0.15) is 0 Å². The third-order valence-electron chi connectivity index (χ3n) is 17.2. The van der Waals surface area contributed by atoms with Crippen LogP contribution in [0, 0.1) is 0 Å². The second kappa shape index (κ2) is 17.7. The molecule has 0 saturated carbocycles. The van der Waals surface area contributed by atoms with Gasteiger partial charge in [0, 0.05) is 0 Å². The highest BCUT2D eigenvalue weighted by molar-refractivity contribution is 6.31. The van der Waals surface area contributed by atoms with Crippen molar-refractivity contribution in [1.29, 1.82) is 0 Å². The molecule has 0 heteroatoms. The van der Waals surface area contributed by atoms with Gasteiger partial charge in [-0.1, -0.05) is 265 Å². The van der Waals surface area contributed by atoms with Crippen molar-refractivity contribution in [3.8, 4) is 44.5 Å². The molecule has 0 nitrogen and oxygen atoms in total. The standard InChI is InChI=1S/C78H70/c1-75(2,3)51-33-29-47(30-34-51)71-57-21-13-17-25-61(57)73(62-26-18-14-22-58(62)71)69-43-49-41-53(77(7,8)9)37-39-55(49)65-46-68-66(45-67(65)69)56-40-38-54(78(10,11)12)42-50(56)44-70(68)74-63-27-19-15-23-59(63)72(60-24-16-20-28-64(60)74)48-31-35-52(36-32-48)76(4,5)6/h13-46H,1-12H3. The van der Waals surface area contributed by atoms with E-state index in [0.717, 1.165) is 0 Å². The summed E-state index contributed by atoms with van der Waals surface area (Å²) in [6.45, 7) is 27.8. The molecule has 0 N–H and O–H groups in total. The molecular weight excluding hydrogens is 937 g/mol. The minimum absolute atomic E-state index is 0.0306. The zero-order valence-electron chi connectivity index (χ0n) is 47.6. The van der Waals surface area contributed by atoms with Crippen LogP contribution in [0.3, 0.4) is 0 Å². The number of benzene rings is 13. The van der Waals surface area contributed by atoms with E-state index in [0.29, 0.717) is 0 Å². The molecule has 0 bridgehead atoms. The van der Waals surface area contributed by atoms with Crippen LogP contribution in [0.25, 0.3) is 131 Å². The normalized spacial score (nSPS) is 12.9. The molecule has 0 saturated heterocycles. The Kier molecular flexibility index (Phi) is 11.3. The van der Waals surface area contributed by atoms with Crippen molar-refractivity contribution >= 4 is 86.2 Å². The van der Waals surface area contributed by atoms with Crippen LogP contribution in [0.5, 0.6) is 0 Å². The first-order chi connectivity index (χ1) is 37.2. The Morgan fingerprint density at radius 3 is 0.718 bits per heavy atom. The van der Waals surface area contributed by atoms with E-state index in [1.54, 1.807) is 0 Å². The summed E-state index contributed by atoms with van der Waals surface area (Å²) in [4.78, 5) is 0. The van der Waals surface area contributed by atoms with E-state index >= 15 is 0 Å². The van der Waals surface area contributed by atoms with Crippen LogP contribution in [0.1, 0.15) is 105 Å². The lowest BCUT2D eigenvalue weighted by Crippen LogP contribution is -2.10. The Hall–Kier alpha value is -8.06. The van der Waals surface area contributed by atoms with Crippen molar-refractivity contribution in [2.45, 2.75) is 105 Å². The first-order valence-corrected chi connectivity index (χ1v) is 28.2. The zero-order valence-corrected chi connectivity index (χ0v) is 47.6. The Morgan fingerprint density at radius 1 is 0.192 bits per heavy atom. The second-order valence-electron chi connectivity index (χ2n) is 26.5. The van der Waals surface area contributed by atoms with Gasteiger partial charge in [-0.2, -0.15) is 0 Å². The van der Waals surface area contributed by atoms with Gasteiger partial charge in [0.25, 0.3) is 0 Å². The first-order valence-electron chi connectivity index (χ1n) is 28.2. The monoisotopic (exact) mass is 1010 g/mol. The second-order valence-corrected chi connectivity index (χ2v) is 26.5. The number of fused-ring (bicyclic) bond motifs is 10. The minimum Gasteiger partial charge on any atom is -0.0616 e. The summed E-state index contributed by atoms with van der Waals surface area (Å²) in [6.07, 6.45) is 0. The Morgan fingerprint density at radius 2 is 0.449 bits per heavy atom. The SMILES string of the molecule is CC(C)(C)c1ccc(-c2c3ccccc3c(-c3cc4cc(C(C)(C)C)ccc4c4cc5c(-c6c7ccccc7c(-c7ccc(C(C)(C)C)cc7)c7ccccc67)cc6cc(C(C)(C)C)ccc6c5cc34)c3ccccc23)cc1. The van der Waals surface area contributed by atoms with E-state index in [2.05, 4.69) is 289 Å². The van der Waals surface area contributed by atoms with Gasteiger partial charge in [-0.15, -0.1) is 0 Å². The van der Waals surface area contributed by atoms with E-state index in [1.807, 2.05) is 0 Å². The maximum Gasteiger partial charge on any atom is -0.00199 e. The summed E-state index contributed by atoms with van der Waals surface area (Å²) >= 11 is 0. The topological polar surface area (TPSA) is 0 Å². The van der Waals surface area contributed by atoms with Gasteiger partial charge in [-0.3, -0.25) is 0 Å². The molecule has 0 heterocycles. The third-order valence-corrected chi connectivity index (χ3v) is 17.2. The minimum atomic E-state index is -0.0306. The molecule has 0 fully saturated rings. The van der Waals surface area contributed by atoms with E-state index in [1.165, 1.54) is 153 Å². The van der Waals surface area contributed by atoms with E-state index in [4.69, 9.17) is 0 Å². The zero-order chi connectivity index (χ0) is 54.2. The summed E-state index contributed by atoms with van der Waals surface area (Å²) in [7, 11) is 0. The molecule has 0 unspecified atom stereocenters. The van der Waals surface area contributed by atoms with Gasteiger partial charge in [-0.05, 0) is 199 Å². The van der Waals surface area contributed by atoms with Gasteiger partial charge < -0.3 is 0 Å². The molecular formula is C78H70.